The summed E-state index contributed by atoms with van der Waals surface area (Å²) in [5, 5.41) is 3.42. The lowest BCUT2D eigenvalue weighted by Crippen LogP contribution is -2.17. The number of rotatable bonds is 4. The summed E-state index contributed by atoms with van der Waals surface area (Å²) in [6.07, 6.45) is 3.76. The predicted molar refractivity (Wildman–Crippen MR) is 82.4 cm³/mol. The maximum atomic E-state index is 5.23. The molecule has 2 aromatic carbocycles. The molecule has 0 aliphatic heterocycles. The zero-order chi connectivity index (χ0) is 13.9. The van der Waals surface area contributed by atoms with Gasteiger partial charge in [-0.2, -0.15) is 0 Å². The second-order valence-corrected chi connectivity index (χ2v) is 5.38. The largest absolute Gasteiger partial charge is 0.497 e. The molecule has 0 saturated heterocycles. The molecule has 1 atom stereocenters. The first-order chi connectivity index (χ1) is 9.81. The third kappa shape index (κ3) is 2.44. The highest BCUT2D eigenvalue weighted by molar-refractivity contribution is 5.41. The second kappa shape index (κ2) is 5.68. The van der Waals surface area contributed by atoms with Crippen molar-refractivity contribution in [2.45, 2.75) is 25.3 Å². The van der Waals surface area contributed by atoms with Crippen LogP contribution in [0.15, 0.2) is 42.5 Å². The quantitative estimate of drug-likeness (QED) is 0.915. The lowest BCUT2D eigenvalue weighted by Gasteiger charge is -2.18. The van der Waals surface area contributed by atoms with Gasteiger partial charge in [0.1, 0.15) is 5.75 Å². The van der Waals surface area contributed by atoms with E-state index in [-0.39, 0.29) is 6.04 Å². The van der Waals surface area contributed by atoms with Gasteiger partial charge in [-0.25, -0.2) is 0 Å². The number of aryl methyl sites for hydroxylation is 2. The zero-order valence-corrected chi connectivity index (χ0v) is 12.1. The van der Waals surface area contributed by atoms with Crippen LogP contribution in [0.4, 0.5) is 0 Å². The van der Waals surface area contributed by atoms with Crippen LogP contribution in [-0.2, 0) is 12.8 Å². The van der Waals surface area contributed by atoms with Gasteiger partial charge in [0.25, 0.3) is 0 Å². The van der Waals surface area contributed by atoms with E-state index in [0.29, 0.717) is 0 Å². The highest BCUT2D eigenvalue weighted by Gasteiger charge is 2.16. The maximum Gasteiger partial charge on any atom is 0.118 e. The van der Waals surface area contributed by atoms with Crippen molar-refractivity contribution in [1.82, 2.24) is 5.32 Å². The molecule has 2 aromatic rings. The first kappa shape index (κ1) is 13.2. The monoisotopic (exact) mass is 267 g/mol. The Balaban J connectivity index is 1.92. The van der Waals surface area contributed by atoms with E-state index in [0.717, 1.165) is 5.75 Å². The number of hydrogen-bond acceptors (Lipinski definition) is 2. The molecule has 3 rings (SSSR count). The van der Waals surface area contributed by atoms with Crippen LogP contribution in [0.1, 0.15) is 34.7 Å². The van der Waals surface area contributed by atoms with Crippen molar-refractivity contribution in [2.75, 3.05) is 14.2 Å². The fraction of sp³-hybridized carbons (Fsp3) is 0.333. The van der Waals surface area contributed by atoms with Gasteiger partial charge in [0, 0.05) is 0 Å². The molecule has 20 heavy (non-hydrogen) atoms. The molecule has 0 aromatic heterocycles. The highest BCUT2D eigenvalue weighted by atomic mass is 16.5. The van der Waals surface area contributed by atoms with Crippen LogP contribution < -0.4 is 10.1 Å². The van der Waals surface area contributed by atoms with Crippen LogP contribution in [-0.4, -0.2) is 14.2 Å². The molecule has 1 aliphatic rings. The predicted octanol–water partition coefficient (Wildman–Crippen LogP) is 3.49. The van der Waals surface area contributed by atoms with Crippen LogP contribution in [0, 0.1) is 0 Å². The number of methoxy groups -OCH3 is 1. The van der Waals surface area contributed by atoms with Gasteiger partial charge in [0.2, 0.25) is 0 Å². The van der Waals surface area contributed by atoms with Gasteiger partial charge in [0.15, 0.2) is 0 Å². The maximum absolute atomic E-state index is 5.23. The molecule has 1 unspecified atom stereocenters. The van der Waals surface area contributed by atoms with Gasteiger partial charge in [0.05, 0.1) is 13.2 Å². The number of benzene rings is 2. The van der Waals surface area contributed by atoms with Gasteiger partial charge < -0.3 is 10.1 Å². The summed E-state index contributed by atoms with van der Waals surface area (Å²) in [5.41, 5.74) is 5.67. The van der Waals surface area contributed by atoms with Crippen LogP contribution >= 0.6 is 0 Å². The van der Waals surface area contributed by atoms with Crippen molar-refractivity contribution < 1.29 is 4.74 Å². The Bertz CT molecular complexity index is 589. The summed E-state index contributed by atoms with van der Waals surface area (Å²) in [6, 6.07) is 15.5. The SMILES string of the molecule is CNC(c1ccc(OC)cc1)c1ccc2c(c1)CCC2. The van der Waals surface area contributed by atoms with Gasteiger partial charge in [-0.15, -0.1) is 0 Å². The molecule has 0 saturated carbocycles. The van der Waals surface area contributed by atoms with Gasteiger partial charge >= 0.3 is 0 Å². The molecule has 0 heterocycles. The topological polar surface area (TPSA) is 21.3 Å². The Kier molecular flexibility index (Phi) is 3.75. The third-order valence-electron chi connectivity index (χ3n) is 4.19. The average Bonchev–Trinajstić information content (AvgIpc) is 2.96. The molecule has 1 N–H and O–H groups in total. The Morgan fingerprint density at radius 1 is 0.950 bits per heavy atom. The summed E-state index contributed by atoms with van der Waals surface area (Å²) in [4.78, 5) is 0. The average molecular weight is 267 g/mol. The van der Waals surface area contributed by atoms with E-state index in [1.807, 2.05) is 19.2 Å². The van der Waals surface area contributed by atoms with E-state index in [2.05, 4.69) is 35.6 Å². The first-order valence-electron chi connectivity index (χ1n) is 7.24. The summed E-state index contributed by atoms with van der Waals surface area (Å²) < 4.78 is 5.23. The van der Waals surface area contributed by atoms with Crippen LogP contribution in [0.5, 0.6) is 5.75 Å². The van der Waals surface area contributed by atoms with Gasteiger partial charge in [-0.05, 0) is 60.7 Å². The fourth-order valence-electron chi connectivity index (χ4n) is 3.09. The molecular formula is C18H21NO. The summed E-state index contributed by atoms with van der Waals surface area (Å²) in [5.74, 6) is 0.901. The van der Waals surface area contributed by atoms with E-state index in [1.54, 1.807) is 7.11 Å². The normalized spacial score (nSPS) is 14.9. The number of nitrogens with one attached hydrogen (secondary N) is 1. The van der Waals surface area contributed by atoms with Crippen molar-refractivity contribution in [3.63, 3.8) is 0 Å². The first-order valence-corrected chi connectivity index (χ1v) is 7.24. The fourth-order valence-corrected chi connectivity index (χ4v) is 3.09. The van der Waals surface area contributed by atoms with Crippen molar-refractivity contribution in [3.8, 4) is 5.75 Å². The molecule has 2 heteroatoms. The molecule has 0 fully saturated rings. The molecule has 2 nitrogen and oxygen atoms in total. The van der Waals surface area contributed by atoms with E-state index >= 15 is 0 Å². The molecular weight excluding hydrogens is 246 g/mol. The lowest BCUT2D eigenvalue weighted by atomic mass is 9.96. The standard InChI is InChI=1S/C18H21NO/c1-19-18(14-8-10-17(20-2)11-9-14)16-7-6-13-4-3-5-15(13)12-16/h6-12,18-19H,3-5H2,1-2H3. The molecule has 0 amide bonds. The van der Waals surface area contributed by atoms with E-state index in [4.69, 9.17) is 4.74 Å². The number of hydrogen-bond donors (Lipinski definition) is 1. The number of fused-ring (bicyclic) bond motifs is 1. The van der Waals surface area contributed by atoms with Crippen molar-refractivity contribution in [3.05, 3.63) is 64.7 Å². The van der Waals surface area contributed by atoms with Crippen LogP contribution in [0.3, 0.4) is 0 Å². The molecule has 0 spiro atoms. The number of ether oxygens (including phenoxy) is 1. The Morgan fingerprint density at radius 3 is 2.35 bits per heavy atom. The van der Waals surface area contributed by atoms with Crippen LogP contribution in [0.2, 0.25) is 0 Å². The highest BCUT2D eigenvalue weighted by Crippen LogP contribution is 2.29. The summed E-state index contributed by atoms with van der Waals surface area (Å²) in [7, 11) is 3.72. The molecule has 1 aliphatic carbocycles. The van der Waals surface area contributed by atoms with Crippen molar-refractivity contribution >= 4 is 0 Å². The van der Waals surface area contributed by atoms with Crippen molar-refractivity contribution in [2.24, 2.45) is 0 Å². The summed E-state index contributed by atoms with van der Waals surface area (Å²) in [6.45, 7) is 0. The summed E-state index contributed by atoms with van der Waals surface area (Å²) >= 11 is 0. The lowest BCUT2D eigenvalue weighted by molar-refractivity contribution is 0.414. The van der Waals surface area contributed by atoms with Gasteiger partial charge in [-0.3, -0.25) is 0 Å². The minimum Gasteiger partial charge on any atom is -0.497 e. The minimum atomic E-state index is 0.242. The zero-order valence-electron chi connectivity index (χ0n) is 12.1. The van der Waals surface area contributed by atoms with Crippen molar-refractivity contribution in [1.29, 1.82) is 0 Å². The Hall–Kier alpha value is -1.80. The van der Waals surface area contributed by atoms with E-state index in [1.165, 1.54) is 41.5 Å². The van der Waals surface area contributed by atoms with Gasteiger partial charge in [-0.1, -0.05) is 30.3 Å². The van der Waals surface area contributed by atoms with Crippen LogP contribution in [0.25, 0.3) is 0 Å². The second-order valence-electron chi connectivity index (χ2n) is 5.38. The minimum absolute atomic E-state index is 0.242. The smallest absolute Gasteiger partial charge is 0.118 e. The Morgan fingerprint density at radius 2 is 1.65 bits per heavy atom. The Labute approximate surface area is 120 Å². The van der Waals surface area contributed by atoms with E-state index < -0.39 is 0 Å². The molecule has 0 bridgehead atoms. The third-order valence-corrected chi connectivity index (χ3v) is 4.19. The molecule has 0 radical (unpaired) electrons. The molecule has 104 valence electrons. The van der Waals surface area contributed by atoms with E-state index in [9.17, 15) is 0 Å².